The van der Waals surface area contributed by atoms with Crippen molar-refractivity contribution in [3.8, 4) is 10.7 Å². The molecule has 0 aromatic carbocycles. The van der Waals surface area contributed by atoms with Crippen LogP contribution >= 0.6 is 11.3 Å². The van der Waals surface area contributed by atoms with Crippen molar-refractivity contribution in [2.75, 3.05) is 13.6 Å². The average Bonchev–Trinajstić information content (AvgIpc) is 2.81. The molecule has 0 unspecified atom stereocenters. The van der Waals surface area contributed by atoms with Gasteiger partial charge >= 0.3 is 5.97 Å². The van der Waals surface area contributed by atoms with Crippen LogP contribution < -0.4 is 0 Å². The zero-order valence-corrected chi connectivity index (χ0v) is 11.3. The van der Waals surface area contributed by atoms with E-state index < -0.39 is 5.97 Å². The minimum Gasteiger partial charge on any atom is -0.478 e. The van der Waals surface area contributed by atoms with Gasteiger partial charge in [-0.3, -0.25) is 4.98 Å². The minimum atomic E-state index is -0.940. The Morgan fingerprint density at radius 3 is 3.16 bits per heavy atom. The molecule has 5 nitrogen and oxygen atoms in total. The summed E-state index contributed by atoms with van der Waals surface area (Å²) in [6.07, 6.45) is 2.46. The van der Waals surface area contributed by atoms with Crippen molar-refractivity contribution in [3.05, 3.63) is 34.5 Å². The number of pyridine rings is 1. The second-order valence-corrected chi connectivity index (χ2v) is 5.70. The lowest BCUT2D eigenvalue weighted by Gasteiger charge is -2.20. The van der Waals surface area contributed by atoms with E-state index in [2.05, 4.69) is 21.9 Å². The summed E-state index contributed by atoms with van der Waals surface area (Å²) in [5, 5.41) is 9.81. The SMILES string of the molecule is CN1CCc2nc(-c3cc(C(=O)O)ccn3)sc2C1. The first-order valence-electron chi connectivity index (χ1n) is 6.00. The third-order valence-electron chi connectivity index (χ3n) is 3.15. The van der Waals surface area contributed by atoms with E-state index in [0.29, 0.717) is 5.69 Å². The molecule has 3 rings (SSSR count). The Bertz CT molecular complexity index is 639. The summed E-state index contributed by atoms with van der Waals surface area (Å²) in [6, 6.07) is 3.07. The normalized spacial score (nSPS) is 15.2. The highest BCUT2D eigenvalue weighted by Gasteiger charge is 2.19. The minimum absolute atomic E-state index is 0.246. The Balaban J connectivity index is 1.99. The fraction of sp³-hybridized carbons (Fsp3) is 0.308. The summed E-state index contributed by atoms with van der Waals surface area (Å²) in [5.74, 6) is -0.940. The fourth-order valence-corrected chi connectivity index (χ4v) is 3.27. The van der Waals surface area contributed by atoms with Gasteiger partial charge in [-0.15, -0.1) is 11.3 Å². The third-order valence-corrected chi connectivity index (χ3v) is 4.25. The molecule has 98 valence electrons. The highest BCUT2D eigenvalue weighted by molar-refractivity contribution is 7.15. The first-order valence-corrected chi connectivity index (χ1v) is 6.82. The molecule has 0 radical (unpaired) electrons. The molecule has 0 amide bonds. The number of carboxylic acid groups (broad SMARTS) is 1. The van der Waals surface area contributed by atoms with E-state index in [4.69, 9.17) is 5.11 Å². The van der Waals surface area contributed by atoms with Gasteiger partial charge in [-0.05, 0) is 19.2 Å². The molecule has 0 saturated heterocycles. The van der Waals surface area contributed by atoms with Crippen LogP contribution in [0.5, 0.6) is 0 Å². The van der Waals surface area contributed by atoms with Crippen LogP contribution in [0.1, 0.15) is 20.9 Å². The number of nitrogens with zero attached hydrogens (tertiary/aromatic N) is 3. The summed E-state index contributed by atoms with van der Waals surface area (Å²) in [6.45, 7) is 1.92. The van der Waals surface area contributed by atoms with Crippen molar-refractivity contribution in [2.24, 2.45) is 0 Å². The van der Waals surface area contributed by atoms with Gasteiger partial charge < -0.3 is 10.0 Å². The van der Waals surface area contributed by atoms with Crippen molar-refractivity contribution in [3.63, 3.8) is 0 Å². The summed E-state index contributed by atoms with van der Waals surface area (Å²) in [4.78, 5) is 23.3. The molecule has 1 N–H and O–H groups in total. The number of carbonyl (C=O) groups is 1. The molecule has 1 aliphatic rings. The maximum Gasteiger partial charge on any atom is 0.335 e. The second-order valence-electron chi connectivity index (χ2n) is 4.61. The lowest BCUT2D eigenvalue weighted by molar-refractivity contribution is 0.0697. The van der Waals surface area contributed by atoms with Gasteiger partial charge in [0.1, 0.15) is 5.01 Å². The van der Waals surface area contributed by atoms with Crippen LogP contribution in [-0.2, 0) is 13.0 Å². The highest BCUT2D eigenvalue weighted by Crippen LogP contribution is 2.30. The molecular formula is C13H13N3O2S. The van der Waals surface area contributed by atoms with Crippen LogP contribution in [0.3, 0.4) is 0 Å². The van der Waals surface area contributed by atoms with E-state index >= 15 is 0 Å². The van der Waals surface area contributed by atoms with Crippen molar-refractivity contribution in [2.45, 2.75) is 13.0 Å². The maximum absolute atomic E-state index is 11.0. The summed E-state index contributed by atoms with van der Waals surface area (Å²) in [7, 11) is 2.09. The molecule has 1 aliphatic heterocycles. The first kappa shape index (κ1) is 12.3. The van der Waals surface area contributed by atoms with Gasteiger partial charge in [0.2, 0.25) is 0 Å². The van der Waals surface area contributed by atoms with Crippen molar-refractivity contribution in [1.29, 1.82) is 0 Å². The molecule has 0 saturated carbocycles. The Morgan fingerprint density at radius 2 is 2.37 bits per heavy atom. The van der Waals surface area contributed by atoms with Gasteiger partial charge in [-0.25, -0.2) is 9.78 Å². The van der Waals surface area contributed by atoms with E-state index in [9.17, 15) is 4.79 Å². The van der Waals surface area contributed by atoms with E-state index in [1.54, 1.807) is 17.4 Å². The van der Waals surface area contributed by atoms with Crippen molar-refractivity contribution < 1.29 is 9.90 Å². The van der Waals surface area contributed by atoms with Crippen LogP contribution in [0.2, 0.25) is 0 Å². The molecule has 2 aromatic heterocycles. The van der Waals surface area contributed by atoms with Gasteiger partial charge in [0.05, 0.1) is 17.0 Å². The Morgan fingerprint density at radius 1 is 1.53 bits per heavy atom. The van der Waals surface area contributed by atoms with Crippen LogP contribution in [-0.4, -0.2) is 39.5 Å². The van der Waals surface area contributed by atoms with Crippen LogP contribution in [0.25, 0.3) is 10.7 Å². The summed E-state index contributed by atoms with van der Waals surface area (Å²) >= 11 is 1.60. The predicted octanol–water partition coefficient (Wildman–Crippen LogP) is 1.89. The van der Waals surface area contributed by atoms with Gasteiger partial charge in [-0.1, -0.05) is 0 Å². The lowest BCUT2D eigenvalue weighted by atomic mass is 10.2. The predicted molar refractivity (Wildman–Crippen MR) is 72.3 cm³/mol. The maximum atomic E-state index is 11.0. The Hall–Kier alpha value is -1.79. The molecule has 6 heteroatoms. The van der Waals surface area contributed by atoms with Crippen LogP contribution in [0.15, 0.2) is 18.3 Å². The number of rotatable bonds is 2. The molecular weight excluding hydrogens is 262 g/mol. The van der Waals surface area contributed by atoms with E-state index in [0.717, 1.165) is 30.2 Å². The number of likely N-dealkylation sites (N-methyl/N-ethyl adjacent to an activating group) is 1. The van der Waals surface area contributed by atoms with Crippen LogP contribution in [0, 0.1) is 0 Å². The highest BCUT2D eigenvalue weighted by atomic mass is 32.1. The van der Waals surface area contributed by atoms with E-state index in [1.165, 1.54) is 17.1 Å². The fourth-order valence-electron chi connectivity index (χ4n) is 2.11. The molecule has 2 aromatic rings. The number of aromatic nitrogens is 2. The second kappa shape index (κ2) is 4.71. The molecule has 19 heavy (non-hydrogen) atoms. The van der Waals surface area contributed by atoms with Crippen molar-refractivity contribution >= 4 is 17.3 Å². The average molecular weight is 275 g/mol. The standard InChI is InChI=1S/C13H13N3O2S/c1-16-5-3-9-11(7-16)19-12(15-9)10-6-8(13(17)18)2-4-14-10/h2,4,6H,3,5,7H2,1H3,(H,17,18). The van der Waals surface area contributed by atoms with Crippen LogP contribution in [0.4, 0.5) is 0 Å². The monoisotopic (exact) mass is 275 g/mol. The number of thiazole rings is 1. The molecule has 0 bridgehead atoms. The quantitative estimate of drug-likeness (QED) is 0.906. The van der Waals surface area contributed by atoms with Gasteiger partial charge in [0, 0.05) is 30.6 Å². The zero-order valence-electron chi connectivity index (χ0n) is 10.5. The van der Waals surface area contributed by atoms with Gasteiger partial charge in [0.25, 0.3) is 0 Å². The largest absolute Gasteiger partial charge is 0.478 e. The molecule has 0 spiro atoms. The Labute approximate surface area is 114 Å². The Kier molecular flexibility index (Phi) is 3.04. The molecule has 0 fully saturated rings. The van der Waals surface area contributed by atoms with Gasteiger partial charge in [-0.2, -0.15) is 0 Å². The number of hydrogen-bond acceptors (Lipinski definition) is 5. The third kappa shape index (κ3) is 2.36. The topological polar surface area (TPSA) is 66.3 Å². The van der Waals surface area contributed by atoms with Gasteiger partial charge in [0.15, 0.2) is 0 Å². The molecule has 3 heterocycles. The van der Waals surface area contributed by atoms with E-state index in [-0.39, 0.29) is 5.56 Å². The summed E-state index contributed by atoms with van der Waals surface area (Å²) in [5.41, 5.74) is 2.01. The summed E-state index contributed by atoms with van der Waals surface area (Å²) < 4.78 is 0. The molecule has 0 aliphatic carbocycles. The first-order chi connectivity index (χ1) is 9.13. The zero-order chi connectivity index (χ0) is 13.4. The van der Waals surface area contributed by atoms with E-state index in [1.807, 2.05) is 0 Å². The van der Waals surface area contributed by atoms with Crippen molar-refractivity contribution in [1.82, 2.24) is 14.9 Å². The number of fused-ring (bicyclic) bond motifs is 1. The number of carboxylic acids is 1. The lowest BCUT2D eigenvalue weighted by Crippen LogP contribution is -2.25. The molecule has 0 atom stereocenters. The number of aromatic carboxylic acids is 1. The number of hydrogen-bond donors (Lipinski definition) is 1. The smallest absolute Gasteiger partial charge is 0.335 e.